The van der Waals surface area contributed by atoms with Gasteiger partial charge >= 0.3 is 5.69 Å². The molecule has 0 amide bonds. The Balaban J connectivity index is 2.33. The smallest absolute Gasteiger partial charge is 0.330 e. The minimum atomic E-state index is -0.349. The van der Waals surface area contributed by atoms with Crippen molar-refractivity contribution in [3.63, 3.8) is 0 Å². The lowest BCUT2D eigenvalue weighted by Gasteiger charge is -2.07. The third-order valence-corrected chi connectivity index (χ3v) is 2.69. The van der Waals surface area contributed by atoms with Crippen molar-refractivity contribution in [1.29, 1.82) is 0 Å². The van der Waals surface area contributed by atoms with Crippen LogP contribution in [0.15, 0.2) is 35.3 Å². The molecule has 0 fully saturated rings. The monoisotopic (exact) mass is 232 g/mol. The molecule has 2 N–H and O–H groups in total. The average Bonchev–Trinajstić information content (AvgIpc) is 2.59. The molecule has 0 saturated heterocycles. The zero-order chi connectivity index (χ0) is 12.4. The topological polar surface area (TPSA) is 58.0 Å². The van der Waals surface area contributed by atoms with E-state index in [1.165, 1.54) is 0 Å². The van der Waals surface area contributed by atoms with E-state index in [-0.39, 0.29) is 11.8 Å². The van der Waals surface area contributed by atoms with E-state index in [2.05, 4.69) is 4.98 Å². The lowest BCUT2D eigenvalue weighted by Crippen LogP contribution is -2.15. The molecular formula is C13H16N2O2. The summed E-state index contributed by atoms with van der Waals surface area (Å²) >= 11 is 0. The van der Waals surface area contributed by atoms with Gasteiger partial charge < -0.3 is 10.1 Å². The number of imidazole rings is 1. The molecule has 0 bridgehead atoms. The molecule has 0 saturated carbocycles. The van der Waals surface area contributed by atoms with Gasteiger partial charge in [0, 0.05) is 11.9 Å². The Morgan fingerprint density at radius 3 is 2.47 bits per heavy atom. The number of aliphatic hydroxyl groups excluding tert-OH is 1. The van der Waals surface area contributed by atoms with Crippen molar-refractivity contribution in [2.24, 2.45) is 0 Å². The molecular weight excluding hydrogens is 216 g/mol. The second-order valence-corrected chi connectivity index (χ2v) is 4.29. The van der Waals surface area contributed by atoms with E-state index in [4.69, 9.17) is 0 Å². The minimum absolute atomic E-state index is 0.134. The van der Waals surface area contributed by atoms with Crippen LogP contribution in [0.5, 0.6) is 0 Å². The summed E-state index contributed by atoms with van der Waals surface area (Å²) in [6.07, 6.45) is 1.96. The first kappa shape index (κ1) is 11.7. The van der Waals surface area contributed by atoms with Gasteiger partial charge in [-0.1, -0.05) is 12.1 Å². The Morgan fingerprint density at radius 1 is 1.35 bits per heavy atom. The Morgan fingerprint density at radius 2 is 2.00 bits per heavy atom. The molecule has 0 aliphatic heterocycles. The highest BCUT2D eigenvalue weighted by atomic mass is 16.3. The van der Waals surface area contributed by atoms with Gasteiger partial charge in [-0.25, -0.2) is 4.79 Å². The van der Waals surface area contributed by atoms with Crippen molar-refractivity contribution in [3.8, 4) is 5.69 Å². The van der Waals surface area contributed by atoms with Crippen molar-refractivity contribution in [2.75, 3.05) is 0 Å². The summed E-state index contributed by atoms with van der Waals surface area (Å²) in [5, 5.41) is 9.29. The molecule has 2 rings (SSSR count). The first-order chi connectivity index (χ1) is 8.08. The maximum Gasteiger partial charge on any atom is 0.330 e. The number of hydrogen-bond acceptors (Lipinski definition) is 2. The predicted octanol–water partition coefficient (Wildman–Crippen LogP) is 1.40. The number of nitrogens with zero attached hydrogens (tertiary/aromatic N) is 1. The lowest BCUT2D eigenvalue weighted by atomic mass is 10.1. The number of aryl methyl sites for hydroxylation is 1. The van der Waals surface area contributed by atoms with Crippen LogP contribution >= 0.6 is 0 Å². The molecule has 4 nitrogen and oxygen atoms in total. The average molecular weight is 232 g/mol. The fraction of sp³-hybridized carbons (Fsp3) is 0.308. The Kier molecular flexibility index (Phi) is 3.15. The number of aromatic amines is 1. The lowest BCUT2D eigenvalue weighted by molar-refractivity contribution is 0.195. The number of nitrogens with one attached hydrogen (secondary N) is 1. The van der Waals surface area contributed by atoms with Gasteiger partial charge in [0.15, 0.2) is 0 Å². The van der Waals surface area contributed by atoms with E-state index < -0.39 is 0 Å². The van der Waals surface area contributed by atoms with Crippen molar-refractivity contribution in [1.82, 2.24) is 9.55 Å². The van der Waals surface area contributed by atoms with Crippen molar-refractivity contribution in [2.45, 2.75) is 26.4 Å². The Bertz CT molecular complexity index is 550. The highest BCUT2D eigenvalue weighted by Gasteiger charge is 2.05. The third-order valence-electron chi connectivity index (χ3n) is 2.69. The number of hydrogen-bond donors (Lipinski definition) is 2. The Hall–Kier alpha value is -1.81. The quantitative estimate of drug-likeness (QED) is 0.840. The fourth-order valence-electron chi connectivity index (χ4n) is 1.90. The molecule has 2 aromatic rings. The first-order valence-corrected chi connectivity index (χ1v) is 5.62. The minimum Gasteiger partial charge on any atom is -0.393 e. The van der Waals surface area contributed by atoms with Gasteiger partial charge in [0.1, 0.15) is 0 Å². The molecule has 4 heteroatoms. The predicted molar refractivity (Wildman–Crippen MR) is 66.5 cm³/mol. The van der Waals surface area contributed by atoms with E-state index >= 15 is 0 Å². The van der Waals surface area contributed by atoms with E-state index in [9.17, 15) is 9.90 Å². The molecule has 0 radical (unpaired) electrons. The standard InChI is InChI=1S/C13H16N2O2/c1-9-8-14-13(17)15(9)12-5-3-11(4-6-12)7-10(2)16/h3-6,8,10,16H,7H2,1-2H3,(H,14,17). The van der Waals surface area contributed by atoms with E-state index in [0.29, 0.717) is 6.42 Å². The summed E-state index contributed by atoms with van der Waals surface area (Å²) in [6, 6.07) is 7.64. The highest BCUT2D eigenvalue weighted by molar-refractivity contribution is 5.36. The van der Waals surface area contributed by atoms with Crippen LogP contribution in [0.1, 0.15) is 18.2 Å². The second kappa shape index (κ2) is 4.59. The fourth-order valence-corrected chi connectivity index (χ4v) is 1.90. The van der Waals surface area contributed by atoms with Crippen LogP contribution in [0, 0.1) is 6.92 Å². The molecule has 17 heavy (non-hydrogen) atoms. The van der Waals surface area contributed by atoms with E-state index in [1.807, 2.05) is 31.2 Å². The summed E-state index contributed by atoms with van der Waals surface area (Å²) in [5.41, 5.74) is 2.64. The molecule has 1 heterocycles. The summed E-state index contributed by atoms with van der Waals surface area (Å²) in [6.45, 7) is 3.64. The van der Waals surface area contributed by atoms with Crippen molar-refractivity contribution < 1.29 is 5.11 Å². The van der Waals surface area contributed by atoms with Crippen LogP contribution in [-0.4, -0.2) is 20.8 Å². The van der Waals surface area contributed by atoms with Crippen LogP contribution in [-0.2, 0) is 6.42 Å². The third kappa shape index (κ3) is 2.47. The molecule has 1 aromatic heterocycles. The SMILES string of the molecule is Cc1c[nH]c(=O)n1-c1ccc(CC(C)O)cc1. The van der Waals surface area contributed by atoms with Crippen molar-refractivity contribution >= 4 is 0 Å². The highest BCUT2D eigenvalue weighted by Crippen LogP contribution is 2.11. The van der Waals surface area contributed by atoms with Crippen LogP contribution < -0.4 is 5.69 Å². The maximum absolute atomic E-state index is 11.6. The van der Waals surface area contributed by atoms with Gasteiger partial charge in [0.05, 0.1) is 11.8 Å². The number of H-pyrrole nitrogens is 1. The first-order valence-electron chi connectivity index (χ1n) is 5.62. The van der Waals surface area contributed by atoms with Gasteiger partial charge in [-0.3, -0.25) is 4.57 Å². The molecule has 0 aliphatic rings. The van der Waals surface area contributed by atoms with Crippen LogP contribution in [0.4, 0.5) is 0 Å². The van der Waals surface area contributed by atoms with Crippen LogP contribution in [0.25, 0.3) is 5.69 Å². The van der Waals surface area contributed by atoms with Gasteiger partial charge in [0.25, 0.3) is 0 Å². The van der Waals surface area contributed by atoms with Gasteiger partial charge in [-0.2, -0.15) is 0 Å². The van der Waals surface area contributed by atoms with Crippen LogP contribution in [0.2, 0.25) is 0 Å². The summed E-state index contributed by atoms with van der Waals surface area (Å²) in [5.74, 6) is 0. The summed E-state index contributed by atoms with van der Waals surface area (Å²) in [7, 11) is 0. The van der Waals surface area contributed by atoms with E-state index in [0.717, 1.165) is 16.9 Å². The van der Waals surface area contributed by atoms with Crippen molar-refractivity contribution in [3.05, 3.63) is 52.2 Å². The number of benzene rings is 1. The van der Waals surface area contributed by atoms with Gasteiger partial charge in [0.2, 0.25) is 0 Å². The molecule has 1 atom stereocenters. The molecule has 90 valence electrons. The van der Waals surface area contributed by atoms with Gasteiger partial charge in [-0.05, 0) is 38.0 Å². The van der Waals surface area contributed by atoms with Crippen LogP contribution in [0.3, 0.4) is 0 Å². The number of aromatic nitrogens is 2. The van der Waals surface area contributed by atoms with Gasteiger partial charge in [-0.15, -0.1) is 0 Å². The zero-order valence-corrected chi connectivity index (χ0v) is 9.97. The maximum atomic E-state index is 11.6. The second-order valence-electron chi connectivity index (χ2n) is 4.29. The molecule has 1 aromatic carbocycles. The molecule has 0 aliphatic carbocycles. The Labute approximate surface area is 99.5 Å². The molecule has 0 spiro atoms. The normalized spacial score (nSPS) is 12.6. The van der Waals surface area contributed by atoms with E-state index in [1.54, 1.807) is 17.7 Å². The molecule has 1 unspecified atom stereocenters. The number of rotatable bonds is 3. The summed E-state index contributed by atoms with van der Waals surface area (Å²) < 4.78 is 1.62. The largest absolute Gasteiger partial charge is 0.393 e. The zero-order valence-electron chi connectivity index (χ0n) is 9.97. The summed E-state index contributed by atoms with van der Waals surface area (Å²) in [4.78, 5) is 14.2. The number of aliphatic hydroxyl groups is 1.